The van der Waals surface area contributed by atoms with Gasteiger partial charge in [-0.05, 0) is 147 Å². The molecule has 0 spiro atoms. The number of aromatic hydroxyl groups is 1. The smallest absolute Gasteiger partial charge is 0.174 e. The van der Waals surface area contributed by atoms with Crippen LogP contribution < -0.4 is 4.74 Å². The van der Waals surface area contributed by atoms with E-state index in [2.05, 4.69) is 26.0 Å². The molecule has 0 bridgehead atoms. The molecule has 0 aliphatic heterocycles. The van der Waals surface area contributed by atoms with Crippen molar-refractivity contribution in [3.8, 4) is 23.6 Å². The van der Waals surface area contributed by atoms with Crippen molar-refractivity contribution in [2.75, 3.05) is 12.5 Å². The lowest BCUT2D eigenvalue weighted by Crippen LogP contribution is -2.28. The van der Waals surface area contributed by atoms with Crippen molar-refractivity contribution in [3.05, 3.63) is 58.7 Å². The van der Waals surface area contributed by atoms with Crippen molar-refractivity contribution in [1.29, 1.82) is 10.5 Å². The van der Waals surface area contributed by atoms with Crippen LogP contribution >= 0.6 is 11.6 Å². The molecular weight excluding hydrogens is 724 g/mol. The van der Waals surface area contributed by atoms with Crippen LogP contribution in [0.3, 0.4) is 0 Å². The van der Waals surface area contributed by atoms with Gasteiger partial charge in [-0.15, -0.1) is 11.6 Å². The number of halogens is 1. The zero-order chi connectivity index (χ0) is 39.7. The molecule has 2 aromatic carbocycles. The Morgan fingerprint density at radius 3 is 1.68 bits per heavy atom. The first-order valence-electron chi connectivity index (χ1n) is 21.2. The molecule has 0 unspecified atom stereocenters. The highest BCUT2D eigenvalue weighted by Gasteiger charge is 2.46. The number of phenolic OH excluding ortho intramolecular Hbond substituents is 1. The fourth-order valence-corrected chi connectivity index (χ4v) is 10.2. The highest BCUT2D eigenvalue weighted by molar-refractivity contribution is 6.19. The maximum absolute atomic E-state index is 10.7. The Balaban J connectivity index is 0.000000271. The van der Waals surface area contributed by atoms with Crippen molar-refractivity contribution in [2.24, 2.45) is 35.5 Å². The molecule has 0 amide bonds. The molecule has 312 valence electrons. The summed E-state index contributed by atoms with van der Waals surface area (Å²) in [6.45, 7) is 4.44. The van der Waals surface area contributed by atoms with Crippen LogP contribution in [-0.4, -0.2) is 62.4 Å². The fraction of sp³-hybridized carbons (Fsp3) is 0.702. The molecule has 0 aromatic heterocycles. The number of aliphatic hydroxyl groups excluding tert-OH is 4. The summed E-state index contributed by atoms with van der Waals surface area (Å²) in [4.78, 5) is 0. The van der Waals surface area contributed by atoms with Gasteiger partial charge >= 0.3 is 0 Å². The molecule has 2 aromatic rings. The summed E-state index contributed by atoms with van der Waals surface area (Å²) >= 11 is 4.82. The van der Waals surface area contributed by atoms with Gasteiger partial charge in [-0.25, -0.2) is 0 Å². The molecule has 5 N–H and O–H groups in total. The van der Waals surface area contributed by atoms with Crippen molar-refractivity contribution in [3.63, 3.8) is 0 Å². The topological polar surface area (TPSA) is 158 Å². The first-order valence-corrected chi connectivity index (χ1v) is 21.7. The van der Waals surface area contributed by atoms with E-state index < -0.39 is 0 Å². The van der Waals surface area contributed by atoms with E-state index >= 15 is 0 Å². The lowest BCUT2D eigenvalue weighted by Gasteiger charge is -2.32. The van der Waals surface area contributed by atoms with Crippen LogP contribution in [-0.2, 0) is 25.7 Å². The molecule has 2 fully saturated rings. The predicted octanol–water partition coefficient (Wildman–Crippen LogP) is 9.23. The quantitative estimate of drug-likeness (QED) is 0.0832. The number of alkyl halides is 1. The minimum Gasteiger partial charge on any atom is -0.508 e. The van der Waals surface area contributed by atoms with Crippen LogP contribution in [0.25, 0.3) is 0 Å². The third-order valence-electron chi connectivity index (χ3n) is 13.0. The molecule has 6 rings (SSSR count). The van der Waals surface area contributed by atoms with E-state index in [1.807, 2.05) is 24.3 Å². The number of rotatable bonds is 16. The number of benzene rings is 2. The zero-order valence-electron chi connectivity index (χ0n) is 33.3. The molecule has 4 aliphatic carbocycles. The average Bonchev–Trinajstić information content (AvgIpc) is 3.66. The van der Waals surface area contributed by atoms with Gasteiger partial charge in [0.1, 0.15) is 23.4 Å². The molecule has 0 heterocycles. The van der Waals surface area contributed by atoms with E-state index in [0.717, 1.165) is 101 Å². The summed E-state index contributed by atoms with van der Waals surface area (Å²) in [6.07, 6.45) is 16.6. The molecule has 9 heteroatoms. The highest BCUT2D eigenvalue weighted by atomic mass is 35.5. The van der Waals surface area contributed by atoms with Crippen LogP contribution in [0.15, 0.2) is 36.4 Å². The highest BCUT2D eigenvalue weighted by Crippen LogP contribution is 2.49. The first-order chi connectivity index (χ1) is 26.6. The summed E-state index contributed by atoms with van der Waals surface area (Å²) in [6, 6.07) is 15.7. The Bertz CT molecular complexity index is 1520. The second-order valence-electron chi connectivity index (χ2n) is 16.6. The summed E-state index contributed by atoms with van der Waals surface area (Å²) in [7, 11) is 0. The Morgan fingerprint density at radius 2 is 1.20 bits per heavy atom. The third-order valence-corrected chi connectivity index (χ3v) is 13.1. The average molecular weight is 796 g/mol. The molecular formula is C47H71ClN2O6. The number of aliphatic hydroxyl groups is 4. The zero-order valence-corrected chi connectivity index (χ0v) is 34.1. The maximum Gasteiger partial charge on any atom is 0.174 e. The lowest BCUT2D eigenvalue weighted by molar-refractivity contribution is 0.0864. The predicted molar refractivity (Wildman–Crippen MR) is 224 cm³/mol. The van der Waals surface area contributed by atoms with Crippen LogP contribution in [0.4, 0.5) is 0 Å². The molecule has 4 aliphatic rings. The summed E-state index contributed by atoms with van der Waals surface area (Å²) < 4.78 is 5.62. The van der Waals surface area contributed by atoms with Gasteiger partial charge in [-0.1, -0.05) is 84.1 Å². The summed E-state index contributed by atoms with van der Waals surface area (Å²) in [5.74, 6) is 3.86. The van der Waals surface area contributed by atoms with Crippen LogP contribution in [0.1, 0.15) is 133 Å². The summed E-state index contributed by atoms with van der Waals surface area (Å²) in [5, 5.41) is 68.1. The minimum absolute atomic E-state index is 0. The second kappa shape index (κ2) is 24.8. The number of hydrogen-bond acceptors (Lipinski definition) is 8. The number of nitriles is 2. The Morgan fingerprint density at radius 1 is 0.714 bits per heavy atom. The minimum atomic E-state index is -0.263. The van der Waals surface area contributed by atoms with Gasteiger partial charge in [-0.3, -0.25) is 0 Å². The van der Waals surface area contributed by atoms with E-state index in [4.69, 9.17) is 26.9 Å². The third kappa shape index (κ3) is 13.4. The molecule has 2 saturated carbocycles. The Labute approximate surface area is 342 Å². The number of unbranched alkanes of at least 4 members (excludes halogenated alkanes) is 4. The SMILES string of the molecule is C.CCCCC[C@@H](O)CC[C@@H]1[C@H]2Cc3cccc(O)c3C[C@H]2C[C@H]1O.CCCCC[C@@H](O)CC[C@@H]1[C@H]2Cc3cccc(OCC#N)c3C[C@H]2C[C@H]1O.N#CCCl. The molecule has 10 atom stereocenters. The molecule has 8 nitrogen and oxygen atoms in total. The van der Waals surface area contributed by atoms with Gasteiger partial charge in [0, 0.05) is 0 Å². The second-order valence-corrected chi connectivity index (χ2v) is 16.9. The van der Waals surface area contributed by atoms with Crippen molar-refractivity contribution < 1.29 is 30.3 Å². The monoisotopic (exact) mass is 795 g/mol. The van der Waals surface area contributed by atoms with Crippen molar-refractivity contribution in [1.82, 2.24) is 0 Å². The normalized spacial score (nSPS) is 26.4. The number of nitrogens with zero attached hydrogens (tertiary/aromatic N) is 2. The maximum atomic E-state index is 10.7. The Hall–Kier alpha value is -2.85. The van der Waals surface area contributed by atoms with Gasteiger partial charge in [0.15, 0.2) is 6.61 Å². The van der Waals surface area contributed by atoms with Gasteiger partial charge in [-0.2, -0.15) is 10.5 Å². The van der Waals surface area contributed by atoms with Gasteiger partial charge in [0.25, 0.3) is 0 Å². The van der Waals surface area contributed by atoms with Crippen LogP contribution in [0.5, 0.6) is 11.5 Å². The molecule has 56 heavy (non-hydrogen) atoms. The number of fused-ring (bicyclic) bond motifs is 4. The van der Waals surface area contributed by atoms with Crippen molar-refractivity contribution in [2.45, 2.75) is 161 Å². The van der Waals surface area contributed by atoms with E-state index in [9.17, 15) is 25.5 Å². The first kappa shape index (κ1) is 47.5. The van der Waals surface area contributed by atoms with E-state index in [1.54, 1.807) is 12.1 Å². The van der Waals surface area contributed by atoms with Gasteiger partial charge < -0.3 is 30.3 Å². The standard InChI is InChI=1S/C23H33NO3.C21H32O3.C2H2ClN.CH4/c1-2-3-4-7-18(25)9-10-19-20-13-16-6-5-8-23(27-12-11-24)21(16)14-17(20)15-22(19)26;1-2-3-4-7-16(22)9-10-17-18-11-14-6-5-8-20(23)19(14)12-15(18)13-21(17)24;3-1-2-4;/h5-6,8,17-20,22,25-26H,2-4,7,9-10,12-15H2,1H3;5-6,8,15-18,21-24H,2-4,7,9-13H2,1H3;1H2;1H4/t17-,18+,19+,20-,22+;15-,16+,17+,18-,21+;;/m00../s1. The summed E-state index contributed by atoms with van der Waals surface area (Å²) in [5.41, 5.74) is 4.86. The van der Waals surface area contributed by atoms with Crippen LogP contribution in [0, 0.1) is 58.2 Å². The van der Waals surface area contributed by atoms with Crippen LogP contribution in [0.2, 0.25) is 0 Å². The van der Waals surface area contributed by atoms with E-state index in [-0.39, 0.29) is 50.2 Å². The fourth-order valence-electron chi connectivity index (χ4n) is 10.2. The van der Waals surface area contributed by atoms with Gasteiger partial charge in [0.05, 0.1) is 30.5 Å². The molecule has 0 radical (unpaired) electrons. The van der Waals surface area contributed by atoms with Gasteiger partial charge in [0.2, 0.25) is 0 Å². The molecule has 0 saturated heterocycles. The number of phenols is 1. The van der Waals surface area contributed by atoms with Crippen molar-refractivity contribution >= 4 is 11.6 Å². The number of hydrogen-bond donors (Lipinski definition) is 5. The number of ether oxygens (including phenoxy) is 1. The van der Waals surface area contributed by atoms with E-state index in [0.29, 0.717) is 35.3 Å². The largest absolute Gasteiger partial charge is 0.508 e. The van der Waals surface area contributed by atoms with E-state index in [1.165, 1.54) is 42.4 Å². The lowest BCUT2D eigenvalue weighted by atomic mass is 9.73. The Kier molecular flexibility index (Phi) is 21.1.